The van der Waals surface area contributed by atoms with Crippen LogP contribution in [-0.2, 0) is 13.0 Å². The van der Waals surface area contributed by atoms with Gasteiger partial charge in [0.2, 0.25) is 0 Å². The van der Waals surface area contributed by atoms with E-state index in [1.165, 1.54) is 12.8 Å². The van der Waals surface area contributed by atoms with Crippen LogP contribution < -0.4 is 15.5 Å². The number of piperidine rings is 1. The van der Waals surface area contributed by atoms with Crippen LogP contribution >= 0.6 is 11.6 Å². The van der Waals surface area contributed by atoms with Crippen molar-refractivity contribution in [3.63, 3.8) is 0 Å². The molecule has 0 atom stereocenters. The molecule has 0 saturated carbocycles. The minimum absolute atomic E-state index is 0.520. The Morgan fingerprint density at radius 1 is 1.10 bits per heavy atom. The number of hydrogen-bond donors (Lipinski definition) is 2. The predicted molar refractivity (Wildman–Crippen MR) is 121 cm³/mol. The summed E-state index contributed by atoms with van der Waals surface area (Å²) in [5.74, 6) is 2.71. The zero-order chi connectivity index (χ0) is 20.5. The third kappa shape index (κ3) is 6.89. The molecule has 2 aromatic rings. The highest BCUT2D eigenvalue weighted by molar-refractivity contribution is 6.29. The van der Waals surface area contributed by atoms with Crippen LogP contribution in [0.5, 0.6) is 0 Å². The molecule has 2 N–H and O–H groups in total. The van der Waals surface area contributed by atoms with Crippen molar-refractivity contribution in [1.29, 1.82) is 0 Å². The molecule has 0 spiro atoms. The topological polar surface area (TPSA) is 65.4 Å². The van der Waals surface area contributed by atoms with Gasteiger partial charge in [-0.25, -0.2) is 15.0 Å². The molecule has 6 nitrogen and oxygen atoms in total. The normalized spacial score (nSPS) is 15.4. The molecule has 1 saturated heterocycles. The lowest BCUT2D eigenvalue weighted by molar-refractivity contribution is 0.436. The summed E-state index contributed by atoms with van der Waals surface area (Å²) in [5, 5.41) is 7.18. The molecule has 0 unspecified atom stereocenters. The van der Waals surface area contributed by atoms with Gasteiger partial charge >= 0.3 is 0 Å². The van der Waals surface area contributed by atoms with E-state index in [2.05, 4.69) is 56.5 Å². The van der Waals surface area contributed by atoms with Crippen molar-refractivity contribution in [3.05, 3.63) is 52.9 Å². The highest BCUT2D eigenvalue weighted by atomic mass is 35.5. The maximum atomic E-state index is 5.83. The standard InChI is InChI=1S/C22H31ClN6/c1-3-24-22(25-11-8-18-4-6-20(23)26-14-18)28-16-19-5-7-21(27-15-19)29-12-9-17(2)10-13-29/h4-7,14-15,17H,3,8-13,16H2,1-2H3,(H2,24,25,28). The summed E-state index contributed by atoms with van der Waals surface area (Å²) in [7, 11) is 0. The zero-order valence-electron chi connectivity index (χ0n) is 17.4. The molecule has 3 rings (SSSR count). The van der Waals surface area contributed by atoms with Gasteiger partial charge in [-0.15, -0.1) is 0 Å². The van der Waals surface area contributed by atoms with Crippen molar-refractivity contribution < 1.29 is 0 Å². The summed E-state index contributed by atoms with van der Waals surface area (Å²) >= 11 is 5.83. The van der Waals surface area contributed by atoms with E-state index in [0.717, 1.165) is 61.4 Å². The molecule has 0 amide bonds. The number of nitrogens with one attached hydrogen (secondary N) is 2. The fourth-order valence-electron chi connectivity index (χ4n) is 3.33. The predicted octanol–water partition coefficient (Wildman–Crippen LogP) is 3.66. The lowest BCUT2D eigenvalue weighted by Gasteiger charge is -2.31. The number of aromatic nitrogens is 2. The average molecular weight is 415 g/mol. The van der Waals surface area contributed by atoms with E-state index < -0.39 is 0 Å². The number of anilines is 1. The summed E-state index contributed by atoms with van der Waals surface area (Å²) in [6, 6.07) is 8.07. The van der Waals surface area contributed by atoms with Gasteiger partial charge < -0.3 is 15.5 Å². The van der Waals surface area contributed by atoms with E-state index in [-0.39, 0.29) is 0 Å². The fraction of sp³-hybridized carbons (Fsp3) is 0.500. The fourth-order valence-corrected chi connectivity index (χ4v) is 3.44. The number of guanidine groups is 1. The number of nitrogens with zero attached hydrogens (tertiary/aromatic N) is 4. The number of hydrogen-bond acceptors (Lipinski definition) is 4. The van der Waals surface area contributed by atoms with Crippen LogP contribution in [0.4, 0.5) is 5.82 Å². The molecule has 0 aromatic carbocycles. The van der Waals surface area contributed by atoms with Crippen LogP contribution in [-0.4, -0.2) is 42.1 Å². The first-order chi connectivity index (χ1) is 14.1. The minimum Gasteiger partial charge on any atom is -0.357 e. The highest BCUT2D eigenvalue weighted by Crippen LogP contribution is 2.21. The summed E-state index contributed by atoms with van der Waals surface area (Å²) < 4.78 is 0. The van der Waals surface area contributed by atoms with Gasteiger partial charge in [-0.05, 0) is 55.4 Å². The Hall–Kier alpha value is -2.34. The molecule has 0 bridgehead atoms. The largest absolute Gasteiger partial charge is 0.357 e. The third-order valence-electron chi connectivity index (χ3n) is 5.18. The summed E-state index contributed by atoms with van der Waals surface area (Å²) in [6.45, 7) is 8.79. The van der Waals surface area contributed by atoms with Crippen LogP contribution in [0.15, 0.2) is 41.7 Å². The summed E-state index contributed by atoms with van der Waals surface area (Å²) in [5.41, 5.74) is 2.25. The molecular weight excluding hydrogens is 384 g/mol. The number of pyridine rings is 2. The van der Waals surface area contributed by atoms with Crippen LogP contribution in [0.1, 0.15) is 37.8 Å². The lowest BCUT2D eigenvalue weighted by atomic mass is 9.99. The first kappa shape index (κ1) is 21.4. The quantitative estimate of drug-likeness (QED) is 0.411. The number of aliphatic imine (C=N–C) groups is 1. The number of halogens is 1. The molecule has 156 valence electrons. The maximum absolute atomic E-state index is 5.83. The van der Waals surface area contributed by atoms with Crippen molar-refractivity contribution in [1.82, 2.24) is 20.6 Å². The zero-order valence-corrected chi connectivity index (χ0v) is 18.1. The van der Waals surface area contributed by atoms with Crippen molar-refractivity contribution in [3.8, 4) is 0 Å². The molecule has 7 heteroatoms. The van der Waals surface area contributed by atoms with E-state index in [9.17, 15) is 0 Å². The molecule has 0 radical (unpaired) electrons. The van der Waals surface area contributed by atoms with Gasteiger partial charge in [0.15, 0.2) is 5.96 Å². The smallest absolute Gasteiger partial charge is 0.191 e. The van der Waals surface area contributed by atoms with Gasteiger partial charge in [0, 0.05) is 38.6 Å². The van der Waals surface area contributed by atoms with Crippen LogP contribution in [0, 0.1) is 5.92 Å². The highest BCUT2D eigenvalue weighted by Gasteiger charge is 2.16. The Labute approximate surface area is 178 Å². The molecule has 0 aliphatic carbocycles. The van der Waals surface area contributed by atoms with E-state index in [1.54, 1.807) is 0 Å². The van der Waals surface area contributed by atoms with E-state index in [0.29, 0.717) is 11.7 Å². The molecule has 1 aliphatic heterocycles. The van der Waals surface area contributed by atoms with Crippen molar-refractivity contribution in [2.75, 3.05) is 31.1 Å². The molecule has 3 heterocycles. The Balaban J connectivity index is 1.50. The Bertz CT molecular complexity index is 767. The monoisotopic (exact) mass is 414 g/mol. The molecule has 29 heavy (non-hydrogen) atoms. The van der Waals surface area contributed by atoms with Gasteiger partial charge in [0.25, 0.3) is 0 Å². The first-order valence-corrected chi connectivity index (χ1v) is 10.8. The van der Waals surface area contributed by atoms with Crippen LogP contribution in [0.2, 0.25) is 5.15 Å². The van der Waals surface area contributed by atoms with Crippen LogP contribution in [0.25, 0.3) is 0 Å². The lowest BCUT2D eigenvalue weighted by Crippen LogP contribution is -2.38. The van der Waals surface area contributed by atoms with Crippen molar-refractivity contribution >= 4 is 23.4 Å². The van der Waals surface area contributed by atoms with Gasteiger partial charge in [0.05, 0.1) is 6.54 Å². The third-order valence-corrected chi connectivity index (χ3v) is 5.40. The first-order valence-electron chi connectivity index (χ1n) is 10.5. The Morgan fingerprint density at radius 3 is 2.52 bits per heavy atom. The van der Waals surface area contributed by atoms with Gasteiger partial charge in [-0.2, -0.15) is 0 Å². The second-order valence-corrected chi connectivity index (χ2v) is 7.94. The summed E-state index contributed by atoms with van der Waals surface area (Å²) in [6.07, 6.45) is 7.11. The SMILES string of the molecule is CCNC(=NCc1ccc(N2CCC(C)CC2)nc1)NCCc1ccc(Cl)nc1. The molecule has 1 fully saturated rings. The van der Waals surface area contributed by atoms with Crippen LogP contribution in [0.3, 0.4) is 0 Å². The van der Waals surface area contributed by atoms with Crippen molar-refractivity contribution in [2.45, 2.75) is 39.7 Å². The van der Waals surface area contributed by atoms with Gasteiger partial charge in [0.1, 0.15) is 11.0 Å². The number of rotatable bonds is 7. The van der Waals surface area contributed by atoms with E-state index >= 15 is 0 Å². The molecule has 2 aromatic heterocycles. The van der Waals surface area contributed by atoms with Crippen molar-refractivity contribution in [2.24, 2.45) is 10.9 Å². The minimum atomic E-state index is 0.520. The van der Waals surface area contributed by atoms with E-state index in [1.807, 2.05) is 24.5 Å². The molecule has 1 aliphatic rings. The second-order valence-electron chi connectivity index (χ2n) is 7.56. The maximum Gasteiger partial charge on any atom is 0.191 e. The van der Waals surface area contributed by atoms with Gasteiger partial charge in [-0.3, -0.25) is 0 Å². The Kier molecular flexibility index (Phi) is 8.11. The van der Waals surface area contributed by atoms with Gasteiger partial charge in [-0.1, -0.05) is 30.7 Å². The molecular formula is C22H31ClN6. The summed E-state index contributed by atoms with van der Waals surface area (Å²) in [4.78, 5) is 15.8. The second kappa shape index (κ2) is 11.0. The van der Waals surface area contributed by atoms with E-state index in [4.69, 9.17) is 11.6 Å². The Morgan fingerprint density at radius 2 is 1.86 bits per heavy atom. The average Bonchev–Trinajstić information content (AvgIpc) is 2.74.